The summed E-state index contributed by atoms with van der Waals surface area (Å²) in [5, 5.41) is 13.3. The fourth-order valence-electron chi connectivity index (χ4n) is 3.23. The minimum Gasteiger partial charge on any atom is -0.508 e. The molecule has 2 atom stereocenters. The number of hydrogen-bond donors (Lipinski definition) is 2. The first kappa shape index (κ1) is 14.4. The molecule has 1 unspecified atom stereocenters. The molecule has 2 heteroatoms. The molecule has 2 rings (SSSR count). The lowest BCUT2D eigenvalue weighted by molar-refractivity contribution is 0.316. The van der Waals surface area contributed by atoms with Gasteiger partial charge in [0.15, 0.2) is 0 Å². The Bertz CT molecular complexity index is 383. The lowest BCUT2D eigenvalue weighted by atomic mass is 9.92. The second-order valence-corrected chi connectivity index (χ2v) is 6.02. The molecule has 1 aliphatic rings. The first-order chi connectivity index (χ1) is 9.16. The monoisotopic (exact) mass is 261 g/mol. The van der Waals surface area contributed by atoms with Crippen molar-refractivity contribution < 1.29 is 5.11 Å². The zero-order valence-electron chi connectivity index (χ0n) is 12.2. The van der Waals surface area contributed by atoms with E-state index in [1.54, 1.807) is 6.07 Å². The number of rotatable bonds is 4. The maximum absolute atomic E-state index is 9.55. The van der Waals surface area contributed by atoms with Crippen LogP contribution in [0.5, 0.6) is 5.75 Å². The van der Waals surface area contributed by atoms with Gasteiger partial charge in [0.05, 0.1) is 0 Å². The Morgan fingerprint density at radius 1 is 1.11 bits per heavy atom. The van der Waals surface area contributed by atoms with Crippen molar-refractivity contribution in [1.29, 1.82) is 0 Å². The van der Waals surface area contributed by atoms with E-state index in [0.29, 0.717) is 17.8 Å². The summed E-state index contributed by atoms with van der Waals surface area (Å²) < 4.78 is 0. The summed E-state index contributed by atoms with van der Waals surface area (Å²) in [7, 11) is 0. The zero-order chi connectivity index (χ0) is 13.7. The predicted octanol–water partition coefficient (Wildman–Crippen LogP) is 4.40. The van der Waals surface area contributed by atoms with Gasteiger partial charge in [-0.1, -0.05) is 37.8 Å². The smallest absolute Gasteiger partial charge is 0.115 e. The molecule has 0 saturated heterocycles. The molecule has 0 aromatic heterocycles. The van der Waals surface area contributed by atoms with Crippen LogP contribution in [-0.2, 0) is 0 Å². The molecular weight excluding hydrogens is 234 g/mol. The van der Waals surface area contributed by atoms with Crippen molar-refractivity contribution in [1.82, 2.24) is 5.32 Å². The Hall–Kier alpha value is -1.02. The summed E-state index contributed by atoms with van der Waals surface area (Å²) >= 11 is 0. The Labute approximate surface area is 117 Å². The van der Waals surface area contributed by atoms with E-state index in [9.17, 15) is 5.11 Å². The minimum absolute atomic E-state index is 0.297. The van der Waals surface area contributed by atoms with Crippen LogP contribution in [0.3, 0.4) is 0 Å². The second-order valence-electron chi connectivity index (χ2n) is 6.02. The Morgan fingerprint density at radius 2 is 1.79 bits per heavy atom. The first-order valence-corrected chi connectivity index (χ1v) is 7.72. The highest BCUT2D eigenvalue weighted by atomic mass is 16.3. The number of aromatic hydroxyl groups is 1. The molecule has 1 saturated carbocycles. The third-order valence-corrected chi connectivity index (χ3v) is 4.49. The Kier molecular flexibility index (Phi) is 5.26. The summed E-state index contributed by atoms with van der Waals surface area (Å²) in [4.78, 5) is 0. The Morgan fingerprint density at radius 3 is 2.42 bits per heavy atom. The normalized spacial score (nSPS) is 20.7. The van der Waals surface area contributed by atoms with Crippen LogP contribution < -0.4 is 5.32 Å². The summed E-state index contributed by atoms with van der Waals surface area (Å²) in [6.07, 6.45) is 8.31. The SMILES string of the molecule is CC(N[C@@H](C)C1CCCCCC1)c1cccc(O)c1. The van der Waals surface area contributed by atoms with E-state index in [1.807, 2.05) is 12.1 Å². The predicted molar refractivity (Wildman–Crippen MR) is 80.3 cm³/mol. The van der Waals surface area contributed by atoms with E-state index < -0.39 is 0 Å². The third-order valence-electron chi connectivity index (χ3n) is 4.49. The zero-order valence-corrected chi connectivity index (χ0v) is 12.2. The molecule has 0 heterocycles. The molecule has 0 bridgehead atoms. The van der Waals surface area contributed by atoms with Crippen molar-refractivity contribution in [3.8, 4) is 5.75 Å². The average molecular weight is 261 g/mol. The van der Waals surface area contributed by atoms with Gasteiger partial charge in [0.25, 0.3) is 0 Å². The van der Waals surface area contributed by atoms with E-state index in [1.165, 1.54) is 44.1 Å². The van der Waals surface area contributed by atoms with Gasteiger partial charge in [-0.3, -0.25) is 0 Å². The van der Waals surface area contributed by atoms with Gasteiger partial charge in [-0.15, -0.1) is 0 Å². The number of phenolic OH excluding ortho intramolecular Hbond substituents is 1. The molecule has 2 N–H and O–H groups in total. The summed E-state index contributed by atoms with van der Waals surface area (Å²) in [6.45, 7) is 4.50. The van der Waals surface area contributed by atoms with Crippen LogP contribution in [-0.4, -0.2) is 11.1 Å². The van der Waals surface area contributed by atoms with Crippen molar-refractivity contribution >= 4 is 0 Å². The van der Waals surface area contributed by atoms with Crippen LogP contribution in [0.4, 0.5) is 0 Å². The lowest BCUT2D eigenvalue weighted by Crippen LogP contribution is -2.35. The molecule has 19 heavy (non-hydrogen) atoms. The Balaban J connectivity index is 1.92. The van der Waals surface area contributed by atoms with Crippen LogP contribution in [0.2, 0.25) is 0 Å². The van der Waals surface area contributed by atoms with Crippen LogP contribution in [0.15, 0.2) is 24.3 Å². The standard InChI is InChI=1S/C17H27NO/c1-13(15-8-5-3-4-6-9-15)18-14(2)16-10-7-11-17(19)12-16/h7,10-15,18-19H,3-6,8-9H2,1-2H3/t13-,14?/m0/s1. The molecule has 1 aromatic rings. The first-order valence-electron chi connectivity index (χ1n) is 7.72. The van der Waals surface area contributed by atoms with Gasteiger partial charge < -0.3 is 10.4 Å². The van der Waals surface area contributed by atoms with Crippen molar-refractivity contribution in [3.05, 3.63) is 29.8 Å². The van der Waals surface area contributed by atoms with Crippen molar-refractivity contribution in [2.45, 2.75) is 64.5 Å². The molecule has 1 fully saturated rings. The highest BCUT2D eigenvalue weighted by molar-refractivity contribution is 5.29. The number of phenols is 1. The molecule has 0 radical (unpaired) electrons. The van der Waals surface area contributed by atoms with Crippen LogP contribution in [0.25, 0.3) is 0 Å². The third kappa shape index (κ3) is 4.24. The van der Waals surface area contributed by atoms with Gasteiger partial charge in [0.1, 0.15) is 5.75 Å². The largest absolute Gasteiger partial charge is 0.508 e. The van der Waals surface area contributed by atoms with E-state index in [0.717, 1.165) is 5.92 Å². The fraction of sp³-hybridized carbons (Fsp3) is 0.647. The van der Waals surface area contributed by atoms with Crippen LogP contribution in [0.1, 0.15) is 64.0 Å². The summed E-state index contributed by atoms with van der Waals surface area (Å²) in [6, 6.07) is 8.43. The van der Waals surface area contributed by atoms with Crippen LogP contribution >= 0.6 is 0 Å². The summed E-state index contributed by atoms with van der Waals surface area (Å²) in [5.74, 6) is 1.16. The van der Waals surface area contributed by atoms with E-state index in [2.05, 4.69) is 25.2 Å². The maximum Gasteiger partial charge on any atom is 0.115 e. The highest BCUT2D eigenvalue weighted by Crippen LogP contribution is 2.27. The minimum atomic E-state index is 0.297. The molecule has 1 aliphatic carbocycles. The molecule has 1 aromatic carbocycles. The van der Waals surface area contributed by atoms with Gasteiger partial charge >= 0.3 is 0 Å². The van der Waals surface area contributed by atoms with Gasteiger partial charge in [0.2, 0.25) is 0 Å². The molecule has 106 valence electrons. The number of benzene rings is 1. The van der Waals surface area contributed by atoms with E-state index >= 15 is 0 Å². The molecule has 0 aliphatic heterocycles. The maximum atomic E-state index is 9.55. The molecule has 0 spiro atoms. The second kappa shape index (κ2) is 6.95. The highest BCUT2D eigenvalue weighted by Gasteiger charge is 2.20. The lowest BCUT2D eigenvalue weighted by Gasteiger charge is -2.27. The number of hydrogen-bond acceptors (Lipinski definition) is 2. The van der Waals surface area contributed by atoms with Gasteiger partial charge in [-0.05, 0) is 50.3 Å². The van der Waals surface area contributed by atoms with E-state index in [-0.39, 0.29) is 0 Å². The molecule has 0 amide bonds. The fourth-order valence-corrected chi connectivity index (χ4v) is 3.23. The van der Waals surface area contributed by atoms with Gasteiger partial charge in [0, 0.05) is 12.1 Å². The van der Waals surface area contributed by atoms with Crippen LogP contribution in [0, 0.1) is 5.92 Å². The van der Waals surface area contributed by atoms with Crippen molar-refractivity contribution in [3.63, 3.8) is 0 Å². The average Bonchev–Trinajstić information content (AvgIpc) is 2.67. The topological polar surface area (TPSA) is 32.3 Å². The summed E-state index contributed by atoms with van der Waals surface area (Å²) in [5.41, 5.74) is 1.17. The van der Waals surface area contributed by atoms with Gasteiger partial charge in [-0.2, -0.15) is 0 Å². The van der Waals surface area contributed by atoms with E-state index in [4.69, 9.17) is 0 Å². The number of nitrogens with one attached hydrogen (secondary N) is 1. The quantitative estimate of drug-likeness (QED) is 0.787. The molecular formula is C17H27NO. The van der Waals surface area contributed by atoms with Gasteiger partial charge in [-0.25, -0.2) is 0 Å². The molecule has 2 nitrogen and oxygen atoms in total. The van der Waals surface area contributed by atoms with Crippen molar-refractivity contribution in [2.24, 2.45) is 5.92 Å². The van der Waals surface area contributed by atoms with Crippen molar-refractivity contribution in [2.75, 3.05) is 0 Å².